The van der Waals surface area contributed by atoms with E-state index in [1.807, 2.05) is 48.5 Å². The van der Waals surface area contributed by atoms with Crippen molar-refractivity contribution < 1.29 is 4.74 Å². The summed E-state index contributed by atoms with van der Waals surface area (Å²) in [6.45, 7) is 7.61. The third-order valence-electron chi connectivity index (χ3n) is 5.79. The fraction of sp³-hybridized carbons (Fsp3) is 0.286. The molecule has 0 N–H and O–H groups in total. The zero-order valence-corrected chi connectivity index (χ0v) is 20.1. The van der Waals surface area contributed by atoms with Crippen molar-refractivity contribution in [2.45, 2.75) is 46.1 Å². The molecule has 0 aliphatic carbocycles. The van der Waals surface area contributed by atoms with Gasteiger partial charge in [-0.3, -0.25) is 9.36 Å². The van der Waals surface area contributed by atoms with Gasteiger partial charge in [0.1, 0.15) is 11.6 Å². The predicted molar refractivity (Wildman–Crippen MR) is 136 cm³/mol. The highest BCUT2D eigenvalue weighted by molar-refractivity contribution is 6.30. The van der Waals surface area contributed by atoms with Crippen molar-refractivity contribution in [1.29, 1.82) is 0 Å². The maximum Gasteiger partial charge on any atom is 0.261 e. The first-order valence-electron chi connectivity index (χ1n) is 11.4. The van der Waals surface area contributed by atoms with Crippen LogP contribution < -0.4 is 10.3 Å². The summed E-state index contributed by atoms with van der Waals surface area (Å²) in [5.41, 5.74) is 3.97. The van der Waals surface area contributed by atoms with E-state index >= 15 is 0 Å². The Bertz CT molecular complexity index is 1310. The summed E-state index contributed by atoms with van der Waals surface area (Å²) in [5.74, 6) is 2.03. The maximum absolute atomic E-state index is 13.3. The number of para-hydroxylation sites is 1. The largest absolute Gasteiger partial charge is 0.493 e. The minimum atomic E-state index is -0.0211. The number of fused-ring (bicyclic) bond motifs is 1. The SMILES string of the molecule is Cc1ccc(C(C)C)c(OCCCCn2c(-c3ccc(Cl)cc3)nc3ccccc3c2=O)c1. The average Bonchev–Trinajstić information content (AvgIpc) is 2.80. The minimum absolute atomic E-state index is 0.0211. The first-order chi connectivity index (χ1) is 15.9. The molecule has 0 radical (unpaired) electrons. The van der Waals surface area contributed by atoms with E-state index in [2.05, 4.69) is 39.0 Å². The molecule has 0 unspecified atom stereocenters. The first-order valence-corrected chi connectivity index (χ1v) is 11.8. The molecule has 0 spiro atoms. The molecule has 0 saturated carbocycles. The van der Waals surface area contributed by atoms with Crippen LogP contribution in [0, 0.1) is 6.92 Å². The van der Waals surface area contributed by atoms with Crippen LogP contribution >= 0.6 is 11.6 Å². The van der Waals surface area contributed by atoms with Gasteiger partial charge in [-0.2, -0.15) is 0 Å². The van der Waals surface area contributed by atoms with Crippen molar-refractivity contribution >= 4 is 22.5 Å². The number of ether oxygens (including phenoxy) is 1. The van der Waals surface area contributed by atoms with E-state index in [4.69, 9.17) is 21.3 Å². The quantitative estimate of drug-likeness (QED) is 0.266. The lowest BCUT2D eigenvalue weighted by Gasteiger charge is -2.16. The minimum Gasteiger partial charge on any atom is -0.493 e. The number of hydrogen-bond acceptors (Lipinski definition) is 3. The van der Waals surface area contributed by atoms with Crippen LogP contribution in [-0.4, -0.2) is 16.2 Å². The lowest BCUT2D eigenvalue weighted by Crippen LogP contribution is -2.24. The standard InChI is InChI=1S/C28H29ClN2O2/c1-19(2)23-15-10-20(3)18-26(23)33-17-7-6-16-31-27(21-11-13-22(29)14-12-21)30-25-9-5-4-8-24(25)28(31)32/h4-5,8-15,18-19H,6-7,16-17H2,1-3H3. The molecule has 4 aromatic rings. The molecule has 0 bridgehead atoms. The number of rotatable bonds is 8. The van der Waals surface area contributed by atoms with E-state index in [1.54, 1.807) is 4.57 Å². The number of benzene rings is 3. The van der Waals surface area contributed by atoms with Crippen LogP contribution in [0.2, 0.25) is 5.02 Å². The lowest BCUT2D eigenvalue weighted by molar-refractivity contribution is 0.299. The Balaban J connectivity index is 1.52. The number of hydrogen-bond donors (Lipinski definition) is 0. The van der Waals surface area contributed by atoms with E-state index in [0.717, 1.165) is 24.2 Å². The van der Waals surface area contributed by atoms with Gasteiger partial charge >= 0.3 is 0 Å². The summed E-state index contributed by atoms with van der Waals surface area (Å²) in [6.07, 6.45) is 1.65. The van der Waals surface area contributed by atoms with Gasteiger partial charge < -0.3 is 4.74 Å². The Morgan fingerprint density at radius 1 is 1.00 bits per heavy atom. The Morgan fingerprint density at radius 3 is 2.52 bits per heavy atom. The van der Waals surface area contributed by atoms with Crippen LogP contribution in [0.25, 0.3) is 22.3 Å². The molecule has 0 aliphatic heterocycles. The molecule has 0 amide bonds. The molecule has 1 heterocycles. The summed E-state index contributed by atoms with van der Waals surface area (Å²) in [7, 11) is 0. The van der Waals surface area contributed by atoms with Crippen molar-refractivity contribution in [2.24, 2.45) is 0 Å². The van der Waals surface area contributed by atoms with E-state index < -0.39 is 0 Å². The fourth-order valence-corrected chi connectivity index (χ4v) is 4.12. The molecule has 0 fully saturated rings. The molecule has 3 aromatic carbocycles. The molecule has 5 heteroatoms. The summed E-state index contributed by atoms with van der Waals surface area (Å²) >= 11 is 6.07. The summed E-state index contributed by atoms with van der Waals surface area (Å²) in [5, 5.41) is 1.29. The second-order valence-electron chi connectivity index (χ2n) is 8.67. The highest BCUT2D eigenvalue weighted by Crippen LogP contribution is 2.28. The van der Waals surface area contributed by atoms with E-state index in [0.29, 0.717) is 40.8 Å². The Hall–Kier alpha value is -3.11. The average molecular weight is 461 g/mol. The van der Waals surface area contributed by atoms with Gasteiger partial charge in [0.05, 0.1) is 17.5 Å². The van der Waals surface area contributed by atoms with E-state index in [1.165, 1.54) is 11.1 Å². The van der Waals surface area contributed by atoms with Crippen molar-refractivity contribution in [3.05, 3.63) is 93.2 Å². The smallest absolute Gasteiger partial charge is 0.261 e. The van der Waals surface area contributed by atoms with Crippen molar-refractivity contribution in [3.8, 4) is 17.1 Å². The molecular weight excluding hydrogens is 432 g/mol. The zero-order valence-electron chi connectivity index (χ0n) is 19.3. The molecule has 170 valence electrons. The van der Waals surface area contributed by atoms with E-state index in [-0.39, 0.29) is 5.56 Å². The first kappa shape index (κ1) is 23.1. The summed E-state index contributed by atoms with van der Waals surface area (Å²) < 4.78 is 7.90. The number of nitrogens with zero attached hydrogens (tertiary/aromatic N) is 2. The molecule has 1 aromatic heterocycles. The molecule has 33 heavy (non-hydrogen) atoms. The van der Waals surface area contributed by atoms with Gasteiger partial charge in [0.2, 0.25) is 0 Å². The highest BCUT2D eigenvalue weighted by atomic mass is 35.5. The van der Waals surface area contributed by atoms with Crippen molar-refractivity contribution in [2.75, 3.05) is 6.61 Å². The molecule has 0 aliphatic rings. The Labute approximate surface area is 199 Å². The third-order valence-corrected chi connectivity index (χ3v) is 6.04. The molecular formula is C28H29ClN2O2. The highest BCUT2D eigenvalue weighted by Gasteiger charge is 2.13. The molecule has 4 nitrogen and oxygen atoms in total. The number of unbranched alkanes of at least 4 members (excludes halogenated alkanes) is 1. The second kappa shape index (κ2) is 10.2. The number of halogens is 1. The van der Waals surface area contributed by atoms with Gasteiger partial charge in [0, 0.05) is 17.1 Å². The zero-order chi connectivity index (χ0) is 23.4. The van der Waals surface area contributed by atoms with Gasteiger partial charge in [-0.15, -0.1) is 0 Å². The number of aryl methyl sites for hydroxylation is 1. The molecule has 0 atom stereocenters. The lowest BCUT2D eigenvalue weighted by atomic mass is 10.0. The maximum atomic E-state index is 13.3. The summed E-state index contributed by atoms with van der Waals surface area (Å²) in [4.78, 5) is 18.1. The Morgan fingerprint density at radius 2 is 1.76 bits per heavy atom. The topological polar surface area (TPSA) is 44.1 Å². The fourth-order valence-electron chi connectivity index (χ4n) is 3.99. The van der Waals surface area contributed by atoms with Crippen molar-refractivity contribution in [3.63, 3.8) is 0 Å². The van der Waals surface area contributed by atoms with Crippen LogP contribution in [-0.2, 0) is 6.54 Å². The van der Waals surface area contributed by atoms with Gasteiger partial charge in [0.15, 0.2) is 0 Å². The monoisotopic (exact) mass is 460 g/mol. The van der Waals surface area contributed by atoms with Crippen molar-refractivity contribution in [1.82, 2.24) is 9.55 Å². The normalized spacial score (nSPS) is 11.3. The van der Waals surface area contributed by atoms with Gasteiger partial charge in [-0.25, -0.2) is 4.98 Å². The van der Waals surface area contributed by atoms with Crippen LogP contribution in [0.15, 0.2) is 71.5 Å². The van der Waals surface area contributed by atoms with Gasteiger partial charge in [0.25, 0.3) is 5.56 Å². The molecule has 0 saturated heterocycles. The van der Waals surface area contributed by atoms with Crippen LogP contribution in [0.5, 0.6) is 5.75 Å². The molecule has 4 rings (SSSR count). The predicted octanol–water partition coefficient (Wildman–Crippen LogP) is 7.01. The second-order valence-corrected chi connectivity index (χ2v) is 9.10. The van der Waals surface area contributed by atoms with Crippen LogP contribution in [0.4, 0.5) is 0 Å². The van der Waals surface area contributed by atoms with E-state index in [9.17, 15) is 4.79 Å². The third kappa shape index (κ3) is 5.28. The van der Waals surface area contributed by atoms with Crippen LogP contribution in [0.1, 0.15) is 43.7 Å². The van der Waals surface area contributed by atoms with Gasteiger partial charge in [-0.05, 0) is 79.3 Å². The summed E-state index contributed by atoms with van der Waals surface area (Å²) in [6, 6.07) is 21.3. The van der Waals surface area contributed by atoms with Crippen LogP contribution in [0.3, 0.4) is 0 Å². The Kier molecular flexibility index (Phi) is 7.14. The van der Waals surface area contributed by atoms with Gasteiger partial charge in [-0.1, -0.05) is 49.7 Å². The number of aromatic nitrogens is 2.